The van der Waals surface area contributed by atoms with Crippen LogP contribution in [-0.2, 0) is 0 Å². The molecule has 0 aliphatic heterocycles. The van der Waals surface area contributed by atoms with Crippen molar-refractivity contribution in [3.05, 3.63) is 100 Å². The first-order chi connectivity index (χ1) is 19.1. The number of nitrogens with one attached hydrogen (secondary N) is 1. The summed E-state index contributed by atoms with van der Waals surface area (Å²) in [6.45, 7) is 13.5. The first-order valence-electron chi connectivity index (χ1n) is 12.7. The summed E-state index contributed by atoms with van der Waals surface area (Å²) in [6.07, 6.45) is -2.97. The molecule has 2 aromatic rings. The van der Waals surface area contributed by atoms with Gasteiger partial charge in [0.25, 0.3) is 5.91 Å². The molecule has 218 valence electrons. The number of carbonyl (C=O) groups excluding carboxylic acids is 2. The van der Waals surface area contributed by atoms with Crippen LogP contribution in [0.1, 0.15) is 46.0 Å². The van der Waals surface area contributed by atoms with Crippen LogP contribution in [-0.4, -0.2) is 42.0 Å². The molecule has 1 amide bonds. The van der Waals surface area contributed by atoms with Crippen LogP contribution in [0.15, 0.2) is 73.0 Å². The van der Waals surface area contributed by atoms with Crippen molar-refractivity contribution in [3.63, 3.8) is 0 Å². The fourth-order valence-electron chi connectivity index (χ4n) is 4.41. The summed E-state index contributed by atoms with van der Waals surface area (Å²) in [5.41, 5.74) is 2.20. The van der Waals surface area contributed by atoms with Crippen LogP contribution < -0.4 is 20.5 Å². The van der Waals surface area contributed by atoms with E-state index in [1.165, 1.54) is 30.3 Å². The molecule has 1 N–H and O–H groups in total. The zero-order chi connectivity index (χ0) is 30.5. The van der Waals surface area contributed by atoms with E-state index in [-0.39, 0.29) is 23.0 Å². The molecule has 0 aromatic heterocycles. The van der Waals surface area contributed by atoms with Crippen molar-refractivity contribution in [2.75, 3.05) is 13.1 Å². The number of ether oxygens (including phenoxy) is 1. The SMILES string of the molecule is C=CC(F)(F)Oc1ccc(C(=O)C2=CCC(CN(C=c3c(C)c(C(=O)NCC(F)(F)F)ccc3=C)C(=C)C)C2)cc1. The van der Waals surface area contributed by atoms with Gasteiger partial charge in [0.2, 0.25) is 0 Å². The molecule has 1 unspecified atom stereocenters. The quantitative estimate of drug-likeness (QED) is 0.214. The van der Waals surface area contributed by atoms with Gasteiger partial charge in [-0.15, -0.1) is 0 Å². The van der Waals surface area contributed by atoms with E-state index in [9.17, 15) is 31.5 Å². The van der Waals surface area contributed by atoms with Crippen LogP contribution in [0.4, 0.5) is 22.0 Å². The second-order valence-corrected chi connectivity index (χ2v) is 9.88. The Labute approximate surface area is 235 Å². The summed E-state index contributed by atoms with van der Waals surface area (Å²) >= 11 is 0. The molecule has 1 atom stereocenters. The topological polar surface area (TPSA) is 58.6 Å². The molecule has 1 aliphatic carbocycles. The van der Waals surface area contributed by atoms with E-state index in [2.05, 4.69) is 24.5 Å². The maximum Gasteiger partial charge on any atom is 0.419 e. The van der Waals surface area contributed by atoms with Gasteiger partial charge in [0, 0.05) is 40.9 Å². The zero-order valence-electron chi connectivity index (χ0n) is 22.8. The van der Waals surface area contributed by atoms with Crippen LogP contribution in [0, 0.1) is 12.8 Å². The minimum atomic E-state index is -4.53. The van der Waals surface area contributed by atoms with E-state index in [1.807, 2.05) is 16.3 Å². The number of rotatable bonds is 11. The van der Waals surface area contributed by atoms with Crippen molar-refractivity contribution in [1.82, 2.24) is 10.2 Å². The molecule has 0 saturated carbocycles. The van der Waals surface area contributed by atoms with Crippen LogP contribution >= 0.6 is 0 Å². The highest BCUT2D eigenvalue weighted by Crippen LogP contribution is 2.30. The standard InChI is InChI=1S/C31H31F5N2O3/c1-6-31(35,36)41-25-12-10-23(11-13-25)28(39)24-9-8-22(15-24)16-38(19(2)3)17-27-20(4)7-14-26(21(27)5)29(40)37-18-30(32,33)34/h6-7,9-14,17,22H,1-2,4,8,15-16,18H2,3,5H3,(H,37,40). The van der Waals surface area contributed by atoms with Gasteiger partial charge in [-0.3, -0.25) is 9.59 Å². The third kappa shape index (κ3) is 8.39. The van der Waals surface area contributed by atoms with Crippen molar-refractivity contribution in [3.8, 4) is 5.75 Å². The summed E-state index contributed by atoms with van der Waals surface area (Å²) < 4.78 is 69.0. The number of hydrogen-bond acceptors (Lipinski definition) is 4. The van der Waals surface area contributed by atoms with Gasteiger partial charge >= 0.3 is 12.3 Å². The first-order valence-corrected chi connectivity index (χ1v) is 12.7. The van der Waals surface area contributed by atoms with Crippen LogP contribution in [0.5, 0.6) is 5.75 Å². The molecule has 1 aliphatic rings. The lowest BCUT2D eigenvalue weighted by Crippen LogP contribution is -2.37. The van der Waals surface area contributed by atoms with E-state index in [0.29, 0.717) is 58.3 Å². The fraction of sp³-hybridized carbons (Fsp3) is 0.290. The fourth-order valence-corrected chi connectivity index (χ4v) is 4.41. The lowest BCUT2D eigenvalue weighted by molar-refractivity contribution is -0.131. The van der Waals surface area contributed by atoms with E-state index < -0.39 is 24.7 Å². The largest absolute Gasteiger partial charge is 0.429 e. The third-order valence-corrected chi connectivity index (χ3v) is 6.64. The van der Waals surface area contributed by atoms with E-state index in [0.717, 1.165) is 0 Å². The molecule has 0 radical (unpaired) electrons. The number of halogens is 5. The van der Waals surface area contributed by atoms with Crippen molar-refractivity contribution in [2.24, 2.45) is 5.92 Å². The maximum atomic E-state index is 13.4. The molecular formula is C31H31F5N2O3. The summed E-state index contributed by atoms with van der Waals surface area (Å²) in [7, 11) is 0. The molecule has 41 heavy (non-hydrogen) atoms. The van der Waals surface area contributed by atoms with E-state index >= 15 is 0 Å². The lowest BCUT2D eigenvalue weighted by Gasteiger charge is -2.25. The van der Waals surface area contributed by atoms with Gasteiger partial charge in [-0.05, 0) is 79.3 Å². The number of nitrogens with zero attached hydrogens (tertiary/aromatic N) is 1. The second kappa shape index (κ2) is 12.5. The molecule has 0 heterocycles. The smallest absolute Gasteiger partial charge is 0.419 e. The summed E-state index contributed by atoms with van der Waals surface area (Å²) in [4.78, 5) is 27.3. The average molecular weight is 575 g/mol. The normalized spacial score (nSPS) is 15.7. The van der Waals surface area contributed by atoms with Crippen molar-refractivity contribution in [2.45, 2.75) is 39.0 Å². The van der Waals surface area contributed by atoms with Crippen molar-refractivity contribution >= 4 is 24.5 Å². The highest BCUT2D eigenvalue weighted by Gasteiger charge is 2.29. The van der Waals surface area contributed by atoms with E-state index in [1.54, 1.807) is 26.1 Å². The number of benzene rings is 2. The number of alkyl halides is 5. The van der Waals surface area contributed by atoms with Crippen LogP contribution in [0.2, 0.25) is 0 Å². The molecule has 0 spiro atoms. The summed E-state index contributed by atoms with van der Waals surface area (Å²) in [5, 5.41) is 3.06. The highest BCUT2D eigenvalue weighted by atomic mass is 19.4. The Kier molecular flexibility index (Phi) is 9.57. The Bertz CT molecular complexity index is 1480. The number of ketones is 1. The number of carbonyl (C=O) groups is 2. The Morgan fingerprint density at radius 2 is 1.78 bits per heavy atom. The molecule has 5 nitrogen and oxygen atoms in total. The Balaban J connectivity index is 1.73. The second-order valence-electron chi connectivity index (χ2n) is 9.88. The molecule has 0 saturated heterocycles. The third-order valence-electron chi connectivity index (χ3n) is 6.64. The molecular weight excluding hydrogens is 543 g/mol. The van der Waals surface area contributed by atoms with Gasteiger partial charge in [0.05, 0.1) is 0 Å². The minimum Gasteiger partial charge on any atom is -0.429 e. The first kappa shape index (κ1) is 31.3. The number of amides is 1. The summed E-state index contributed by atoms with van der Waals surface area (Å²) in [6, 6.07) is 8.46. The Morgan fingerprint density at radius 3 is 2.37 bits per heavy atom. The molecule has 0 fully saturated rings. The molecule has 10 heteroatoms. The Morgan fingerprint density at radius 1 is 1.12 bits per heavy atom. The highest BCUT2D eigenvalue weighted by molar-refractivity contribution is 6.09. The molecule has 0 bridgehead atoms. The molecule has 2 aromatic carbocycles. The number of Topliss-reactive ketones (excluding diaryl/α,β-unsaturated/α-hetero) is 1. The average Bonchev–Trinajstić information content (AvgIpc) is 3.37. The predicted octanol–water partition coefficient (Wildman–Crippen LogP) is 5.65. The van der Waals surface area contributed by atoms with Crippen molar-refractivity contribution in [1.29, 1.82) is 0 Å². The summed E-state index contributed by atoms with van der Waals surface area (Å²) in [5.74, 6) is -1.11. The van der Waals surface area contributed by atoms with Gasteiger partial charge in [-0.1, -0.05) is 31.9 Å². The van der Waals surface area contributed by atoms with Gasteiger partial charge in [-0.25, -0.2) is 0 Å². The van der Waals surface area contributed by atoms with Crippen molar-refractivity contribution < 1.29 is 36.3 Å². The van der Waals surface area contributed by atoms with Gasteiger partial charge in [-0.2, -0.15) is 22.0 Å². The van der Waals surface area contributed by atoms with Gasteiger partial charge in [0.15, 0.2) is 5.78 Å². The van der Waals surface area contributed by atoms with Crippen LogP contribution in [0.3, 0.4) is 0 Å². The Hall–Kier alpha value is -4.21. The monoisotopic (exact) mass is 574 g/mol. The lowest BCUT2D eigenvalue weighted by atomic mass is 9.99. The van der Waals surface area contributed by atoms with Gasteiger partial charge < -0.3 is 15.0 Å². The predicted molar refractivity (Wildman–Crippen MR) is 148 cm³/mol. The number of hydrogen-bond donors (Lipinski definition) is 1. The van der Waals surface area contributed by atoms with Gasteiger partial charge in [0.1, 0.15) is 12.3 Å². The molecule has 3 rings (SSSR count). The maximum absolute atomic E-state index is 13.4. The number of allylic oxidation sites excluding steroid dienone is 3. The van der Waals surface area contributed by atoms with Crippen LogP contribution in [0.25, 0.3) is 12.8 Å². The minimum absolute atomic E-state index is 0.0441. The zero-order valence-corrected chi connectivity index (χ0v) is 22.8. The van der Waals surface area contributed by atoms with E-state index in [4.69, 9.17) is 0 Å².